The van der Waals surface area contributed by atoms with Crippen molar-refractivity contribution in [3.05, 3.63) is 89.0 Å². The average Bonchev–Trinajstić information content (AvgIpc) is 2.77. The highest BCUT2D eigenvalue weighted by molar-refractivity contribution is 5.58. The molecule has 6 heteroatoms. The number of ether oxygens (including phenoxy) is 2. The van der Waals surface area contributed by atoms with Gasteiger partial charge < -0.3 is 14.4 Å². The van der Waals surface area contributed by atoms with E-state index >= 15 is 0 Å². The Labute approximate surface area is 173 Å². The quantitative estimate of drug-likeness (QED) is 0.534. The lowest BCUT2D eigenvalue weighted by atomic mass is 9.87. The zero-order valence-corrected chi connectivity index (χ0v) is 16.7. The third kappa shape index (κ3) is 3.82. The first-order chi connectivity index (χ1) is 14.4. The normalized spacial score (nSPS) is 16.2. The van der Waals surface area contributed by atoms with E-state index in [-0.39, 0.29) is 6.04 Å². The van der Waals surface area contributed by atoms with Crippen molar-refractivity contribution in [3.63, 3.8) is 0 Å². The number of rotatable bonds is 4. The second-order valence-corrected chi connectivity index (χ2v) is 7.23. The average molecular weight is 413 g/mol. The van der Waals surface area contributed by atoms with E-state index in [9.17, 15) is 13.2 Å². The molecule has 4 rings (SSSR count). The summed E-state index contributed by atoms with van der Waals surface area (Å²) in [4.78, 5) is 2.22. The van der Waals surface area contributed by atoms with Crippen LogP contribution in [0.1, 0.15) is 28.3 Å². The molecule has 0 aliphatic carbocycles. The molecule has 0 saturated carbocycles. The van der Waals surface area contributed by atoms with Gasteiger partial charge in [-0.25, -0.2) is 0 Å². The minimum Gasteiger partial charge on any atom is -0.497 e. The Kier molecular flexibility index (Phi) is 5.33. The van der Waals surface area contributed by atoms with E-state index < -0.39 is 11.7 Å². The fourth-order valence-electron chi connectivity index (χ4n) is 4.00. The molecule has 1 unspecified atom stereocenters. The smallest absolute Gasteiger partial charge is 0.416 e. The number of benzene rings is 3. The number of alkyl halides is 3. The molecule has 0 amide bonds. The van der Waals surface area contributed by atoms with Crippen LogP contribution in [0, 0.1) is 0 Å². The Morgan fingerprint density at radius 3 is 2.07 bits per heavy atom. The van der Waals surface area contributed by atoms with Crippen LogP contribution in [0.15, 0.2) is 66.7 Å². The number of hydrogen-bond acceptors (Lipinski definition) is 3. The number of methoxy groups -OCH3 is 2. The second kappa shape index (κ2) is 7.94. The van der Waals surface area contributed by atoms with Crippen molar-refractivity contribution in [2.24, 2.45) is 0 Å². The fraction of sp³-hybridized carbons (Fsp3) is 0.250. The van der Waals surface area contributed by atoms with Gasteiger partial charge in [-0.15, -0.1) is 0 Å². The highest BCUT2D eigenvalue weighted by Crippen LogP contribution is 2.40. The van der Waals surface area contributed by atoms with Gasteiger partial charge in [0, 0.05) is 12.2 Å². The van der Waals surface area contributed by atoms with Gasteiger partial charge in [0.15, 0.2) is 0 Å². The van der Waals surface area contributed by atoms with E-state index in [0.717, 1.165) is 59.0 Å². The van der Waals surface area contributed by atoms with E-state index in [1.165, 1.54) is 0 Å². The van der Waals surface area contributed by atoms with E-state index in [4.69, 9.17) is 9.47 Å². The number of fused-ring (bicyclic) bond motifs is 1. The summed E-state index contributed by atoms with van der Waals surface area (Å²) in [5, 5.41) is 0. The molecule has 1 aliphatic heterocycles. The Bertz CT molecular complexity index is 1010. The van der Waals surface area contributed by atoms with Crippen LogP contribution >= 0.6 is 0 Å². The van der Waals surface area contributed by atoms with Gasteiger partial charge >= 0.3 is 6.18 Å². The molecule has 0 bridgehead atoms. The van der Waals surface area contributed by atoms with Crippen LogP contribution in [0.5, 0.6) is 11.5 Å². The maximum absolute atomic E-state index is 13.1. The Morgan fingerprint density at radius 2 is 1.47 bits per heavy atom. The van der Waals surface area contributed by atoms with Crippen molar-refractivity contribution < 1.29 is 22.6 Å². The highest BCUT2D eigenvalue weighted by Gasteiger charge is 2.32. The lowest BCUT2D eigenvalue weighted by Gasteiger charge is -2.39. The minimum atomic E-state index is -4.36. The lowest BCUT2D eigenvalue weighted by molar-refractivity contribution is -0.137. The first-order valence-corrected chi connectivity index (χ1v) is 9.65. The molecule has 1 heterocycles. The maximum Gasteiger partial charge on any atom is 0.416 e. The molecule has 0 spiro atoms. The highest BCUT2D eigenvalue weighted by atomic mass is 19.4. The molecule has 156 valence electrons. The van der Waals surface area contributed by atoms with Gasteiger partial charge in [-0.05, 0) is 71.6 Å². The van der Waals surface area contributed by atoms with Crippen LogP contribution in [0.4, 0.5) is 18.9 Å². The molecule has 30 heavy (non-hydrogen) atoms. The predicted octanol–water partition coefficient (Wildman–Crippen LogP) is 5.87. The number of anilines is 1. The molecular formula is C24H22F3NO2. The molecule has 3 aromatic carbocycles. The predicted molar refractivity (Wildman–Crippen MR) is 110 cm³/mol. The van der Waals surface area contributed by atoms with Crippen molar-refractivity contribution in [1.82, 2.24) is 0 Å². The third-order valence-electron chi connectivity index (χ3n) is 5.54. The molecular weight excluding hydrogens is 391 g/mol. The van der Waals surface area contributed by atoms with Crippen molar-refractivity contribution >= 4 is 5.69 Å². The van der Waals surface area contributed by atoms with Gasteiger partial charge in [-0.3, -0.25) is 0 Å². The van der Waals surface area contributed by atoms with Crippen LogP contribution in [0.25, 0.3) is 0 Å². The minimum absolute atomic E-state index is 0.199. The molecule has 0 N–H and O–H groups in total. The zero-order valence-electron chi connectivity index (χ0n) is 16.7. The standard InChI is InChI=1S/C24H22F3NO2/c1-29-20-9-7-19(8-10-20)28-14-13-17-15-21(30-2)11-12-22(17)23(28)16-3-5-18(6-4-16)24(25,26)27/h3-12,15,23H,13-14H2,1-2H3. The summed E-state index contributed by atoms with van der Waals surface area (Å²) in [5.41, 5.74) is 3.36. The van der Waals surface area contributed by atoms with Crippen LogP contribution < -0.4 is 14.4 Å². The van der Waals surface area contributed by atoms with Crippen LogP contribution in [-0.2, 0) is 12.6 Å². The largest absolute Gasteiger partial charge is 0.497 e. The Hall–Kier alpha value is -3.15. The molecule has 3 aromatic rings. The molecule has 1 atom stereocenters. The summed E-state index contributed by atoms with van der Waals surface area (Å²) in [6.45, 7) is 0.734. The van der Waals surface area contributed by atoms with Crippen molar-refractivity contribution in [2.45, 2.75) is 18.6 Å². The van der Waals surface area contributed by atoms with Gasteiger partial charge in [0.05, 0.1) is 25.8 Å². The Balaban J connectivity index is 1.79. The molecule has 0 radical (unpaired) electrons. The molecule has 1 aliphatic rings. The number of hydrogen-bond donors (Lipinski definition) is 0. The van der Waals surface area contributed by atoms with Crippen LogP contribution in [0.3, 0.4) is 0 Å². The Morgan fingerprint density at radius 1 is 0.833 bits per heavy atom. The number of halogens is 3. The van der Waals surface area contributed by atoms with E-state index in [1.807, 2.05) is 42.5 Å². The van der Waals surface area contributed by atoms with Crippen molar-refractivity contribution in [3.8, 4) is 11.5 Å². The molecule has 0 aromatic heterocycles. The van der Waals surface area contributed by atoms with Gasteiger partial charge in [0.1, 0.15) is 11.5 Å². The SMILES string of the molecule is COc1ccc(N2CCc3cc(OC)ccc3C2c2ccc(C(F)(F)F)cc2)cc1. The first-order valence-electron chi connectivity index (χ1n) is 9.65. The first kappa shape index (κ1) is 20.1. The topological polar surface area (TPSA) is 21.7 Å². The zero-order chi connectivity index (χ0) is 21.3. The summed E-state index contributed by atoms with van der Waals surface area (Å²) >= 11 is 0. The summed E-state index contributed by atoms with van der Waals surface area (Å²) in [5.74, 6) is 1.53. The van der Waals surface area contributed by atoms with Gasteiger partial charge in [0.2, 0.25) is 0 Å². The van der Waals surface area contributed by atoms with E-state index in [2.05, 4.69) is 4.90 Å². The van der Waals surface area contributed by atoms with Gasteiger partial charge in [-0.1, -0.05) is 18.2 Å². The third-order valence-corrected chi connectivity index (χ3v) is 5.54. The van der Waals surface area contributed by atoms with Crippen molar-refractivity contribution in [2.75, 3.05) is 25.7 Å². The lowest BCUT2D eigenvalue weighted by Crippen LogP contribution is -2.36. The van der Waals surface area contributed by atoms with Crippen LogP contribution in [0.2, 0.25) is 0 Å². The molecule has 3 nitrogen and oxygen atoms in total. The summed E-state index contributed by atoms with van der Waals surface area (Å²) in [6, 6.07) is 18.9. The van der Waals surface area contributed by atoms with Crippen molar-refractivity contribution in [1.29, 1.82) is 0 Å². The van der Waals surface area contributed by atoms with Gasteiger partial charge in [-0.2, -0.15) is 13.2 Å². The van der Waals surface area contributed by atoms with E-state index in [1.54, 1.807) is 26.4 Å². The van der Waals surface area contributed by atoms with Gasteiger partial charge in [0.25, 0.3) is 0 Å². The number of nitrogens with zero attached hydrogens (tertiary/aromatic N) is 1. The molecule has 0 fully saturated rings. The summed E-state index contributed by atoms with van der Waals surface area (Å²) < 4.78 is 49.8. The van der Waals surface area contributed by atoms with E-state index in [0.29, 0.717) is 0 Å². The maximum atomic E-state index is 13.1. The fourth-order valence-corrected chi connectivity index (χ4v) is 4.00. The summed E-state index contributed by atoms with van der Waals surface area (Å²) in [7, 11) is 3.24. The van der Waals surface area contributed by atoms with Crippen LogP contribution in [-0.4, -0.2) is 20.8 Å². The molecule has 0 saturated heterocycles. The monoisotopic (exact) mass is 413 g/mol. The second-order valence-electron chi connectivity index (χ2n) is 7.23. The summed E-state index contributed by atoms with van der Waals surface area (Å²) in [6.07, 6.45) is -3.54.